The Balaban J connectivity index is 2.20. The van der Waals surface area contributed by atoms with Gasteiger partial charge in [-0.3, -0.25) is 0 Å². The topological polar surface area (TPSA) is 30.9 Å². The van der Waals surface area contributed by atoms with Gasteiger partial charge in [0, 0.05) is 23.6 Å². The lowest BCUT2D eigenvalue weighted by Crippen LogP contribution is -2.02. The average Bonchev–Trinajstić information content (AvgIpc) is 3.03. The lowest BCUT2D eigenvalue weighted by atomic mass is 10.1. The van der Waals surface area contributed by atoms with Crippen LogP contribution in [0.4, 0.5) is 0 Å². The van der Waals surface area contributed by atoms with E-state index in [4.69, 9.17) is 5.73 Å². The first-order valence-electron chi connectivity index (χ1n) is 5.98. The minimum Gasteiger partial charge on any atom is -0.348 e. The fourth-order valence-electron chi connectivity index (χ4n) is 2.88. The fraction of sp³-hybridized carbons (Fsp3) is 0.429. The second kappa shape index (κ2) is 3.36. The fourth-order valence-corrected chi connectivity index (χ4v) is 2.88. The van der Waals surface area contributed by atoms with Crippen LogP contribution in [-0.4, -0.2) is 11.1 Å². The zero-order valence-corrected chi connectivity index (χ0v) is 9.90. The molecule has 1 aliphatic rings. The van der Waals surface area contributed by atoms with Crippen LogP contribution in [0.5, 0.6) is 0 Å². The number of hydrogen-bond acceptors (Lipinski definition) is 1. The molecule has 0 spiro atoms. The summed E-state index contributed by atoms with van der Waals surface area (Å²) in [5, 5.41) is 1.42. The van der Waals surface area contributed by atoms with Crippen molar-refractivity contribution in [2.24, 2.45) is 18.7 Å². The molecule has 2 N–H and O–H groups in total. The standard InChI is InChI=1S/C14H18N2/c1-9-14(12-7-10(12)8-15)11-5-3-4-6-13(11)16(9)2/h3-6,10,12H,7-8,15H2,1-2H3/t10-,12+/m0/s1. The lowest BCUT2D eigenvalue weighted by Gasteiger charge is -2.01. The van der Waals surface area contributed by atoms with E-state index in [-0.39, 0.29) is 0 Å². The molecule has 0 bridgehead atoms. The molecule has 1 fully saturated rings. The predicted molar refractivity (Wildman–Crippen MR) is 67.6 cm³/mol. The van der Waals surface area contributed by atoms with Crippen LogP contribution in [0, 0.1) is 12.8 Å². The second-order valence-corrected chi connectivity index (χ2v) is 4.91. The van der Waals surface area contributed by atoms with Crippen LogP contribution in [-0.2, 0) is 7.05 Å². The molecule has 16 heavy (non-hydrogen) atoms. The number of aryl methyl sites for hydroxylation is 1. The van der Waals surface area contributed by atoms with Crippen LogP contribution < -0.4 is 5.73 Å². The normalized spacial score (nSPS) is 23.9. The average molecular weight is 214 g/mol. The highest BCUT2D eigenvalue weighted by Gasteiger charge is 2.39. The van der Waals surface area contributed by atoms with Crippen LogP contribution in [0.25, 0.3) is 10.9 Å². The van der Waals surface area contributed by atoms with Gasteiger partial charge in [-0.15, -0.1) is 0 Å². The minimum absolute atomic E-state index is 0.705. The van der Waals surface area contributed by atoms with Crippen LogP contribution in [0.1, 0.15) is 23.6 Å². The third-order valence-corrected chi connectivity index (χ3v) is 4.04. The molecule has 2 aromatic rings. The summed E-state index contributed by atoms with van der Waals surface area (Å²) >= 11 is 0. The SMILES string of the molecule is Cc1c([C@@H]2C[C@H]2CN)c2ccccc2n1C. The molecule has 0 unspecified atom stereocenters. The van der Waals surface area contributed by atoms with Crippen LogP contribution in [0.3, 0.4) is 0 Å². The third-order valence-electron chi connectivity index (χ3n) is 4.04. The molecule has 0 aliphatic heterocycles. The summed E-state index contributed by atoms with van der Waals surface area (Å²) in [5.41, 5.74) is 10.0. The Morgan fingerprint density at radius 3 is 2.81 bits per heavy atom. The van der Waals surface area contributed by atoms with Gasteiger partial charge in [0.15, 0.2) is 0 Å². The molecule has 0 amide bonds. The highest BCUT2D eigenvalue weighted by molar-refractivity contribution is 5.86. The van der Waals surface area contributed by atoms with Crippen molar-refractivity contribution in [3.05, 3.63) is 35.5 Å². The van der Waals surface area contributed by atoms with Crippen molar-refractivity contribution in [2.75, 3.05) is 6.54 Å². The van der Waals surface area contributed by atoms with E-state index in [0.29, 0.717) is 11.8 Å². The van der Waals surface area contributed by atoms with Gasteiger partial charge in [0.05, 0.1) is 0 Å². The molecule has 84 valence electrons. The number of aromatic nitrogens is 1. The summed E-state index contributed by atoms with van der Waals surface area (Å²) in [7, 11) is 2.15. The maximum absolute atomic E-state index is 5.76. The maximum atomic E-state index is 5.76. The van der Waals surface area contributed by atoms with E-state index in [1.54, 1.807) is 0 Å². The van der Waals surface area contributed by atoms with Crippen LogP contribution in [0.15, 0.2) is 24.3 Å². The van der Waals surface area contributed by atoms with Crippen molar-refractivity contribution in [2.45, 2.75) is 19.3 Å². The first-order chi connectivity index (χ1) is 7.74. The number of nitrogens with zero attached hydrogens (tertiary/aromatic N) is 1. The number of nitrogens with two attached hydrogens (primary N) is 1. The van der Waals surface area contributed by atoms with E-state index >= 15 is 0 Å². The van der Waals surface area contributed by atoms with Gasteiger partial charge in [0.1, 0.15) is 0 Å². The first kappa shape index (κ1) is 9.91. The van der Waals surface area contributed by atoms with Gasteiger partial charge in [-0.2, -0.15) is 0 Å². The Kier molecular flexibility index (Phi) is 2.08. The van der Waals surface area contributed by atoms with E-state index in [9.17, 15) is 0 Å². The molecule has 2 heteroatoms. The van der Waals surface area contributed by atoms with E-state index in [1.807, 2.05) is 0 Å². The number of hydrogen-bond donors (Lipinski definition) is 1. The number of fused-ring (bicyclic) bond motifs is 1. The summed E-state index contributed by atoms with van der Waals surface area (Å²) in [6.07, 6.45) is 1.27. The van der Waals surface area contributed by atoms with Crippen molar-refractivity contribution >= 4 is 10.9 Å². The molecule has 1 saturated carbocycles. The number of benzene rings is 1. The van der Waals surface area contributed by atoms with E-state index in [2.05, 4.69) is 42.8 Å². The second-order valence-electron chi connectivity index (χ2n) is 4.91. The van der Waals surface area contributed by atoms with E-state index < -0.39 is 0 Å². The molecule has 1 aromatic carbocycles. The van der Waals surface area contributed by atoms with Gasteiger partial charge in [0.2, 0.25) is 0 Å². The molecular weight excluding hydrogens is 196 g/mol. The van der Waals surface area contributed by atoms with Gasteiger partial charge in [-0.25, -0.2) is 0 Å². The summed E-state index contributed by atoms with van der Waals surface area (Å²) in [4.78, 5) is 0. The predicted octanol–water partition coefficient (Wildman–Crippen LogP) is 2.55. The van der Waals surface area contributed by atoms with Crippen molar-refractivity contribution in [1.29, 1.82) is 0 Å². The quantitative estimate of drug-likeness (QED) is 0.818. The molecular formula is C14H18N2. The molecule has 1 aromatic heterocycles. The van der Waals surface area contributed by atoms with Gasteiger partial charge in [-0.1, -0.05) is 18.2 Å². The highest BCUT2D eigenvalue weighted by Crippen LogP contribution is 2.50. The monoisotopic (exact) mass is 214 g/mol. The molecule has 2 atom stereocenters. The molecule has 2 nitrogen and oxygen atoms in total. The smallest absolute Gasteiger partial charge is 0.0482 e. The van der Waals surface area contributed by atoms with Crippen LogP contribution in [0.2, 0.25) is 0 Å². The highest BCUT2D eigenvalue weighted by atomic mass is 14.9. The van der Waals surface area contributed by atoms with Crippen molar-refractivity contribution in [1.82, 2.24) is 4.57 Å². The number of para-hydroxylation sites is 1. The molecule has 3 rings (SSSR count). The van der Waals surface area contributed by atoms with Crippen molar-refractivity contribution in [3.63, 3.8) is 0 Å². The molecule has 1 aliphatic carbocycles. The maximum Gasteiger partial charge on any atom is 0.0482 e. The first-order valence-corrected chi connectivity index (χ1v) is 5.98. The Labute approximate surface area is 96.1 Å². The Morgan fingerprint density at radius 2 is 2.12 bits per heavy atom. The lowest BCUT2D eigenvalue weighted by molar-refractivity contribution is 0.802. The summed E-state index contributed by atoms with van der Waals surface area (Å²) < 4.78 is 2.30. The largest absolute Gasteiger partial charge is 0.348 e. The van der Waals surface area contributed by atoms with Gasteiger partial charge >= 0.3 is 0 Å². The zero-order chi connectivity index (χ0) is 11.3. The molecule has 1 heterocycles. The summed E-state index contributed by atoms with van der Waals surface area (Å²) in [5.74, 6) is 1.42. The third kappa shape index (κ3) is 1.23. The van der Waals surface area contributed by atoms with E-state index in [1.165, 1.54) is 28.6 Å². The number of rotatable bonds is 2. The molecule has 0 radical (unpaired) electrons. The van der Waals surface area contributed by atoms with Gasteiger partial charge < -0.3 is 10.3 Å². The zero-order valence-electron chi connectivity index (χ0n) is 9.90. The van der Waals surface area contributed by atoms with Crippen molar-refractivity contribution < 1.29 is 0 Å². The Bertz CT molecular complexity index is 539. The molecule has 0 saturated heterocycles. The van der Waals surface area contributed by atoms with Crippen LogP contribution >= 0.6 is 0 Å². The summed E-state index contributed by atoms with van der Waals surface area (Å²) in [6, 6.07) is 8.68. The summed E-state index contributed by atoms with van der Waals surface area (Å²) in [6.45, 7) is 3.05. The van der Waals surface area contributed by atoms with Crippen molar-refractivity contribution in [3.8, 4) is 0 Å². The van der Waals surface area contributed by atoms with E-state index in [0.717, 1.165) is 6.54 Å². The Hall–Kier alpha value is -1.28. The van der Waals surface area contributed by atoms with Gasteiger partial charge in [-0.05, 0) is 43.4 Å². The Morgan fingerprint density at radius 1 is 1.38 bits per heavy atom. The van der Waals surface area contributed by atoms with Gasteiger partial charge in [0.25, 0.3) is 0 Å². The minimum atomic E-state index is 0.705.